The molecule has 9 heteroatoms. The molecule has 0 bridgehead atoms. The predicted molar refractivity (Wildman–Crippen MR) is 81.4 cm³/mol. The lowest BCUT2D eigenvalue weighted by molar-refractivity contribution is 0.574. The smallest absolute Gasteiger partial charge is 0.208 e. The van der Waals surface area contributed by atoms with Gasteiger partial charge in [0.1, 0.15) is 9.46 Å². The van der Waals surface area contributed by atoms with Gasteiger partial charge in [0.15, 0.2) is 9.84 Å². The summed E-state index contributed by atoms with van der Waals surface area (Å²) in [5.74, 6) is 0. The minimum absolute atomic E-state index is 0.167. The van der Waals surface area contributed by atoms with Crippen LogP contribution in [-0.4, -0.2) is 29.6 Å². The topological polar surface area (TPSA) is 80.3 Å². The monoisotopic (exact) mass is 351 g/mol. The largest absolute Gasteiger partial charge is 0.222 e. The third-order valence-corrected chi connectivity index (χ3v) is 7.88. The summed E-state index contributed by atoms with van der Waals surface area (Å²) in [6, 6.07) is 6.63. The molecule has 2 heterocycles. The summed E-state index contributed by atoms with van der Waals surface area (Å²) < 4.78 is 50.1. The fourth-order valence-electron chi connectivity index (χ4n) is 1.63. The van der Waals surface area contributed by atoms with Crippen molar-refractivity contribution >= 4 is 42.5 Å². The molecule has 0 aliphatic carbocycles. The van der Waals surface area contributed by atoms with Crippen LogP contribution in [0.1, 0.15) is 10.1 Å². The standard InChI is InChI=1S/C11H13NO4S4/c1-19(13,14)12-8-10(9-4-2-6-17-9)20(15,16)11-5-3-7-18-11/h2-7,10,12H,8H2,1H3/t10-/m1/s1. The molecule has 110 valence electrons. The van der Waals surface area contributed by atoms with Crippen LogP contribution >= 0.6 is 22.7 Å². The zero-order valence-electron chi connectivity index (χ0n) is 10.5. The number of sulfonamides is 1. The van der Waals surface area contributed by atoms with Gasteiger partial charge in [-0.2, -0.15) is 0 Å². The number of hydrogen-bond acceptors (Lipinski definition) is 6. The van der Waals surface area contributed by atoms with Crippen molar-refractivity contribution in [3.8, 4) is 0 Å². The summed E-state index contributed by atoms with van der Waals surface area (Å²) in [7, 11) is -7.05. The highest BCUT2D eigenvalue weighted by atomic mass is 32.2. The van der Waals surface area contributed by atoms with Crippen LogP contribution in [0, 0.1) is 0 Å². The van der Waals surface area contributed by atoms with Crippen LogP contribution in [-0.2, 0) is 19.9 Å². The first-order valence-corrected chi connectivity index (χ1v) is 10.8. The van der Waals surface area contributed by atoms with E-state index in [1.165, 1.54) is 17.4 Å². The van der Waals surface area contributed by atoms with Crippen LogP contribution in [0.4, 0.5) is 0 Å². The first kappa shape index (κ1) is 15.6. The lowest BCUT2D eigenvalue weighted by Crippen LogP contribution is -2.30. The molecule has 1 N–H and O–H groups in total. The molecule has 0 aromatic carbocycles. The summed E-state index contributed by atoms with van der Waals surface area (Å²) in [5, 5.41) is 2.55. The van der Waals surface area contributed by atoms with Gasteiger partial charge in [0, 0.05) is 11.4 Å². The van der Waals surface area contributed by atoms with E-state index in [2.05, 4.69) is 4.72 Å². The Morgan fingerprint density at radius 1 is 1.10 bits per heavy atom. The minimum Gasteiger partial charge on any atom is -0.222 e. The Balaban J connectivity index is 2.37. The quantitative estimate of drug-likeness (QED) is 0.861. The Kier molecular flexibility index (Phi) is 4.65. The van der Waals surface area contributed by atoms with Crippen molar-refractivity contribution in [2.45, 2.75) is 9.46 Å². The number of thiophene rings is 2. The highest BCUT2D eigenvalue weighted by Crippen LogP contribution is 2.33. The van der Waals surface area contributed by atoms with Gasteiger partial charge in [0.2, 0.25) is 10.0 Å². The van der Waals surface area contributed by atoms with E-state index in [1.807, 2.05) is 0 Å². The number of nitrogens with one attached hydrogen (secondary N) is 1. The molecule has 0 saturated heterocycles. The van der Waals surface area contributed by atoms with Crippen LogP contribution in [0.15, 0.2) is 39.2 Å². The zero-order valence-corrected chi connectivity index (χ0v) is 13.8. The number of rotatable bonds is 6. The van der Waals surface area contributed by atoms with Crippen LogP contribution in [0.25, 0.3) is 0 Å². The lowest BCUT2D eigenvalue weighted by Gasteiger charge is -2.15. The van der Waals surface area contributed by atoms with E-state index in [9.17, 15) is 16.8 Å². The molecule has 0 unspecified atom stereocenters. The van der Waals surface area contributed by atoms with E-state index in [-0.39, 0.29) is 10.8 Å². The normalized spacial score (nSPS) is 14.2. The Labute approximate surface area is 126 Å². The third-order valence-electron chi connectivity index (χ3n) is 2.54. The molecule has 0 spiro atoms. The van der Waals surface area contributed by atoms with Gasteiger partial charge in [0.25, 0.3) is 0 Å². The molecule has 0 saturated carbocycles. The SMILES string of the molecule is CS(=O)(=O)NC[C@H](c1cccs1)S(=O)(=O)c1cccs1. The number of sulfone groups is 1. The van der Waals surface area contributed by atoms with E-state index >= 15 is 0 Å². The van der Waals surface area contributed by atoms with E-state index < -0.39 is 25.1 Å². The second kappa shape index (κ2) is 5.94. The van der Waals surface area contributed by atoms with Crippen molar-refractivity contribution in [3.63, 3.8) is 0 Å². The van der Waals surface area contributed by atoms with Crippen LogP contribution in [0.3, 0.4) is 0 Å². The maximum atomic E-state index is 12.6. The van der Waals surface area contributed by atoms with Gasteiger partial charge in [-0.1, -0.05) is 12.1 Å². The molecule has 0 radical (unpaired) electrons. The van der Waals surface area contributed by atoms with Crippen molar-refractivity contribution in [1.29, 1.82) is 0 Å². The van der Waals surface area contributed by atoms with Crippen molar-refractivity contribution in [2.75, 3.05) is 12.8 Å². The van der Waals surface area contributed by atoms with E-state index in [1.54, 1.807) is 29.0 Å². The molecule has 1 atom stereocenters. The van der Waals surface area contributed by atoms with Crippen molar-refractivity contribution in [3.05, 3.63) is 39.9 Å². The fraction of sp³-hybridized carbons (Fsp3) is 0.273. The molecule has 2 aromatic rings. The molecule has 2 rings (SSSR count). The van der Waals surface area contributed by atoms with E-state index in [0.29, 0.717) is 4.88 Å². The molecule has 5 nitrogen and oxygen atoms in total. The van der Waals surface area contributed by atoms with Crippen molar-refractivity contribution < 1.29 is 16.8 Å². The summed E-state index contributed by atoms with van der Waals surface area (Å²) in [6.45, 7) is -0.167. The lowest BCUT2D eigenvalue weighted by atomic mass is 10.3. The maximum Gasteiger partial charge on any atom is 0.208 e. The molecular weight excluding hydrogens is 338 g/mol. The average Bonchev–Trinajstić information content (AvgIpc) is 3.00. The predicted octanol–water partition coefficient (Wildman–Crippen LogP) is 1.87. The zero-order chi connectivity index (χ0) is 14.8. The highest BCUT2D eigenvalue weighted by molar-refractivity contribution is 7.94. The fourth-order valence-corrected chi connectivity index (χ4v) is 6.19. The highest BCUT2D eigenvalue weighted by Gasteiger charge is 2.31. The summed E-state index contributed by atoms with van der Waals surface area (Å²) in [5.41, 5.74) is 0. The molecule has 0 aliphatic rings. The van der Waals surface area contributed by atoms with Crippen LogP contribution < -0.4 is 4.72 Å². The third kappa shape index (κ3) is 3.67. The first-order chi connectivity index (χ1) is 9.31. The van der Waals surface area contributed by atoms with Gasteiger partial charge < -0.3 is 0 Å². The Morgan fingerprint density at radius 3 is 2.25 bits per heavy atom. The Morgan fingerprint density at radius 2 is 1.75 bits per heavy atom. The summed E-state index contributed by atoms with van der Waals surface area (Å²) in [6.07, 6.45) is 1.01. The summed E-state index contributed by atoms with van der Waals surface area (Å²) in [4.78, 5) is 0.620. The first-order valence-electron chi connectivity index (χ1n) is 5.56. The van der Waals surface area contributed by atoms with Crippen LogP contribution in [0.2, 0.25) is 0 Å². The Hall–Kier alpha value is -0.740. The van der Waals surface area contributed by atoms with E-state index in [0.717, 1.165) is 17.6 Å². The molecule has 20 heavy (non-hydrogen) atoms. The van der Waals surface area contributed by atoms with Crippen LogP contribution in [0.5, 0.6) is 0 Å². The second-order valence-corrected chi connectivity index (χ2v) is 10.2. The minimum atomic E-state index is -3.60. The molecular formula is C11H13NO4S4. The molecule has 0 amide bonds. The summed E-state index contributed by atoms with van der Waals surface area (Å²) >= 11 is 2.42. The molecule has 2 aromatic heterocycles. The van der Waals surface area contributed by atoms with Gasteiger partial charge in [-0.05, 0) is 22.9 Å². The average molecular weight is 351 g/mol. The molecule has 0 fully saturated rings. The van der Waals surface area contributed by atoms with Gasteiger partial charge in [0.05, 0.1) is 6.26 Å². The van der Waals surface area contributed by atoms with Crippen molar-refractivity contribution in [2.24, 2.45) is 0 Å². The maximum absolute atomic E-state index is 12.6. The van der Waals surface area contributed by atoms with Gasteiger partial charge in [-0.25, -0.2) is 21.6 Å². The number of hydrogen-bond donors (Lipinski definition) is 1. The van der Waals surface area contributed by atoms with Gasteiger partial charge in [-0.15, -0.1) is 22.7 Å². The van der Waals surface area contributed by atoms with Gasteiger partial charge >= 0.3 is 0 Å². The Bertz CT molecular complexity index is 745. The van der Waals surface area contributed by atoms with Crippen molar-refractivity contribution in [1.82, 2.24) is 4.72 Å². The van der Waals surface area contributed by atoms with Gasteiger partial charge in [-0.3, -0.25) is 0 Å². The molecule has 0 aliphatic heterocycles. The van der Waals surface area contributed by atoms with E-state index in [4.69, 9.17) is 0 Å². The second-order valence-electron chi connectivity index (χ2n) is 4.10.